The van der Waals surface area contributed by atoms with Crippen molar-refractivity contribution in [1.29, 1.82) is 0 Å². The molecule has 0 fully saturated rings. The van der Waals surface area contributed by atoms with Crippen LogP contribution in [0.25, 0.3) is 33.6 Å². The molecule has 0 bridgehead atoms. The van der Waals surface area contributed by atoms with Crippen LogP contribution in [0.3, 0.4) is 0 Å². The SMILES string of the molecule is O=P(c1ccccc1)(c1ccccc1)c1ccc(-c2cc(-c3ccccc3)nc(-c3ccccc3)c2)cc1. The minimum absolute atomic E-state index is 0.819. The van der Waals surface area contributed by atoms with Crippen molar-refractivity contribution in [2.45, 2.75) is 0 Å². The van der Waals surface area contributed by atoms with Crippen LogP contribution in [-0.2, 0) is 4.57 Å². The number of aromatic nitrogens is 1. The topological polar surface area (TPSA) is 30.0 Å². The van der Waals surface area contributed by atoms with Crippen LogP contribution < -0.4 is 15.9 Å². The second-order valence-electron chi connectivity index (χ2n) is 9.19. The Morgan fingerprint density at radius 1 is 0.368 bits per heavy atom. The van der Waals surface area contributed by atoms with Crippen molar-refractivity contribution in [1.82, 2.24) is 4.98 Å². The standard InChI is InChI=1S/C35H26NOP/c37-38(31-17-9-3-10-18-31,32-19-11-4-12-20-32)33-23-21-27(22-24-33)30-25-34(28-13-5-1-6-14-28)36-35(26-30)29-15-7-2-8-16-29/h1-26H. The quantitative estimate of drug-likeness (QED) is 0.216. The number of nitrogens with zero attached hydrogens (tertiary/aromatic N) is 1. The first-order chi connectivity index (χ1) is 18.7. The van der Waals surface area contributed by atoms with Crippen molar-refractivity contribution in [3.63, 3.8) is 0 Å². The van der Waals surface area contributed by atoms with Crippen LogP contribution >= 0.6 is 7.14 Å². The van der Waals surface area contributed by atoms with Crippen molar-refractivity contribution in [2.75, 3.05) is 0 Å². The van der Waals surface area contributed by atoms with Gasteiger partial charge in [-0.25, -0.2) is 4.98 Å². The summed E-state index contributed by atoms with van der Waals surface area (Å²) >= 11 is 0. The minimum Gasteiger partial charge on any atom is -0.309 e. The summed E-state index contributed by atoms with van der Waals surface area (Å²) in [5, 5.41) is 2.49. The van der Waals surface area contributed by atoms with Crippen molar-refractivity contribution in [3.05, 3.63) is 158 Å². The predicted octanol–water partition coefficient (Wildman–Crippen LogP) is 7.72. The van der Waals surface area contributed by atoms with Crippen molar-refractivity contribution in [2.24, 2.45) is 0 Å². The van der Waals surface area contributed by atoms with E-state index in [4.69, 9.17) is 4.98 Å². The molecule has 0 aliphatic rings. The van der Waals surface area contributed by atoms with E-state index in [0.717, 1.165) is 49.6 Å². The Morgan fingerprint density at radius 3 is 1.16 bits per heavy atom. The molecule has 1 aromatic heterocycles. The zero-order chi connectivity index (χ0) is 25.8. The lowest BCUT2D eigenvalue weighted by molar-refractivity contribution is 0.592. The molecule has 0 unspecified atom stereocenters. The smallest absolute Gasteiger partial charge is 0.171 e. The molecule has 38 heavy (non-hydrogen) atoms. The molecule has 0 saturated heterocycles. The van der Waals surface area contributed by atoms with E-state index in [2.05, 4.69) is 48.5 Å². The third-order valence-corrected chi connectivity index (χ3v) is 9.84. The summed E-state index contributed by atoms with van der Waals surface area (Å²) in [6.45, 7) is 0. The van der Waals surface area contributed by atoms with E-state index in [1.165, 1.54) is 0 Å². The van der Waals surface area contributed by atoms with Gasteiger partial charge in [-0.05, 0) is 23.3 Å². The normalized spacial score (nSPS) is 11.3. The Balaban J connectivity index is 1.47. The van der Waals surface area contributed by atoms with Crippen LogP contribution in [0, 0.1) is 0 Å². The molecule has 0 spiro atoms. The minimum atomic E-state index is -3.01. The van der Waals surface area contributed by atoms with E-state index in [1.54, 1.807) is 0 Å². The third kappa shape index (κ3) is 4.63. The number of hydrogen-bond acceptors (Lipinski definition) is 2. The molecular formula is C35H26NOP. The summed E-state index contributed by atoms with van der Waals surface area (Å²) in [6, 6.07) is 52.5. The van der Waals surface area contributed by atoms with Gasteiger partial charge in [0.15, 0.2) is 7.14 Å². The molecular weight excluding hydrogens is 481 g/mol. The van der Waals surface area contributed by atoms with Crippen LogP contribution in [0.1, 0.15) is 0 Å². The Hall–Kier alpha value is -4.52. The molecule has 0 aliphatic heterocycles. The van der Waals surface area contributed by atoms with Crippen molar-refractivity contribution >= 4 is 23.1 Å². The predicted molar refractivity (Wildman–Crippen MR) is 160 cm³/mol. The number of pyridine rings is 1. The van der Waals surface area contributed by atoms with Gasteiger partial charge in [-0.3, -0.25) is 0 Å². The lowest BCUT2D eigenvalue weighted by atomic mass is 10.00. The molecule has 0 saturated carbocycles. The number of rotatable bonds is 6. The molecule has 2 nitrogen and oxygen atoms in total. The van der Waals surface area contributed by atoms with Gasteiger partial charge < -0.3 is 4.57 Å². The van der Waals surface area contributed by atoms with Crippen LogP contribution in [0.15, 0.2) is 158 Å². The summed E-state index contributed by atoms with van der Waals surface area (Å²) in [5.74, 6) is 0. The summed E-state index contributed by atoms with van der Waals surface area (Å²) in [7, 11) is -3.01. The van der Waals surface area contributed by atoms with Crippen molar-refractivity contribution in [3.8, 4) is 33.6 Å². The van der Waals surface area contributed by atoms with Gasteiger partial charge in [0.2, 0.25) is 0 Å². The summed E-state index contributed by atoms with van der Waals surface area (Å²) < 4.78 is 14.7. The number of benzene rings is 5. The second-order valence-corrected chi connectivity index (χ2v) is 12.0. The molecule has 3 heteroatoms. The van der Waals surface area contributed by atoms with Gasteiger partial charge in [0.25, 0.3) is 0 Å². The van der Waals surface area contributed by atoms with E-state index in [-0.39, 0.29) is 0 Å². The Kier molecular flexibility index (Phi) is 6.56. The van der Waals surface area contributed by atoms with E-state index in [0.29, 0.717) is 0 Å². The van der Waals surface area contributed by atoms with Crippen LogP contribution in [-0.4, -0.2) is 4.98 Å². The highest BCUT2D eigenvalue weighted by atomic mass is 31.2. The molecule has 6 rings (SSSR count). The Bertz CT molecular complexity index is 1600. The van der Waals surface area contributed by atoms with Gasteiger partial charge in [0.1, 0.15) is 0 Å². The monoisotopic (exact) mass is 507 g/mol. The van der Waals surface area contributed by atoms with E-state index in [9.17, 15) is 4.57 Å². The highest BCUT2D eigenvalue weighted by Crippen LogP contribution is 2.42. The van der Waals surface area contributed by atoms with Crippen LogP contribution in [0.5, 0.6) is 0 Å². The van der Waals surface area contributed by atoms with Crippen LogP contribution in [0.4, 0.5) is 0 Å². The fourth-order valence-electron chi connectivity index (χ4n) is 4.80. The van der Waals surface area contributed by atoms with E-state index >= 15 is 0 Å². The highest BCUT2D eigenvalue weighted by Gasteiger charge is 2.29. The summed E-state index contributed by atoms with van der Waals surface area (Å²) in [5.41, 5.74) is 6.11. The van der Waals surface area contributed by atoms with Gasteiger partial charge >= 0.3 is 0 Å². The molecule has 0 atom stereocenters. The molecule has 0 amide bonds. The molecule has 182 valence electrons. The van der Waals surface area contributed by atoms with Crippen LogP contribution in [0.2, 0.25) is 0 Å². The zero-order valence-corrected chi connectivity index (χ0v) is 21.7. The molecule has 0 N–H and O–H groups in total. The third-order valence-electron chi connectivity index (χ3n) is 6.77. The summed E-state index contributed by atoms with van der Waals surface area (Å²) in [4.78, 5) is 4.99. The lowest BCUT2D eigenvalue weighted by Gasteiger charge is -2.20. The maximum atomic E-state index is 14.7. The first-order valence-electron chi connectivity index (χ1n) is 12.7. The zero-order valence-electron chi connectivity index (χ0n) is 20.8. The first kappa shape index (κ1) is 23.9. The fraction of sp³-hybridized carbons (Fsp3) is 0. The molecule has 1 heterocycles. The van der Waals surface area contributed by atoms with Gasteiger partial charge in [-0.2, -0.15) is 0 Å². The average molecular weight is 508 g/mol. The molecule has 0 aliphatic carbocycles. The van der Waals surface area contributed by atoms with Gasteiger partial charge in [-0.15, -0.1) is 0 Å². The molecule has 6 aromatic rings. The van der Waals surface area contributed by atoms with E-state index < -0.39 is 7.14 Å². The fourth-order valence-corrected chi connectivity index (χ4v) is 7.45. The maximum Gasteiger partial charge on any atom is 0.171 e. The average Bonchev–Trinajstić information content (AvgIpc) is 3.02. The van der Waals surface area contributed by atoms with Gasteiger partial charge in [0.05, 0.1) is 11.4 Å². The second kappa shape index (κ2) is 10.5. The molecule has 0 radical (unpaired) electrons. The summed E-state index contributed by atoms with van der Waals surface area (Å²) in [6.07, 6.45) is 0. The van der Waals surface area contributed by atoms with E-state index in [1.807, 2.05) is 109 Å². The molecule has 5 aromatic carbocycles. The number of hydrogen-bond donors (Lipinski definition) is 0. The first-order valence-corrected chi connectivity index (χ1v) is 14.4. The highest BCUT2D eigenvalue weighted by molar-refractivity contribution is 7.85. The van der Waals surface area contributed by atoms with Gasteiger partial charge in [-0.1, -0.05) is 146 Å². The Morgan fingerprint density at radius 2 is 0.737 bits per heavy atom. The van der Waals surface area contributed by atoms with Gasteiger partial charge in [0, 0.05) is 27.0 Å². The maximum absolute atomic E-state index is 14.7. The lowest BCUT2D eigenvalue weighted by Crippen LogP contribution is -2.24. The van der Waals surface area contributed by atoms with Crippen molar-refractivity contribution < 1.29 is 4.57 Å². The largest absolute Gasteiger partial charge is 0.309 e. The Labute approximate surface area is 223 Å².